The highest BCUT2D eigenvalue weighted by Crippen LogP contribution is 2.23. The normalized spacial score (nSPS) is 24.5. The van der Waals surface area contributed by atoms with E-state index in [4.69, 9.17) is 0 Å². The van der Waals surface area contributed by atoms with Crippen LogP contribution in [0.15, 0.2) is 35.2 Å². The Balaban J connectivity index is 1.98. The molecule has 0 aromatic heterocycles. The SMILES string of the molecule is CCC1CBC(NS(=O)(=O)c2ccccc2)CC1. The first-order valence-electron chi connectivity index (χ1n) is 6.69. The summed E-state index contributed by atoms with van der Waals surface area (Å²) in [5.41, 5.74) is 0. The summed E-state index contributed by atoms with van der Waals surface area (Å²) in [5.74, 6) is 0.889. The van der Waals surface area contributed by atoms with Crippen LogP contribution in [0.3, 0.4) is 0 Å². The van der Waals surface area contributed by atoms with Crippen LogP contribution in [0.25, 0.3) is 0 Å². The molecule has 1 fully saturated rings. The third kappa shape index (κ3) is 3.36. The zero-order chi connectivity index (χ0) is 13.0. The van der Waals surface area contributed by atoms with Crippen LogP contribution in [0.4, 0.5) is 0 Å². The van der Waals surface area contributed by atoms with E-state index < -0.39 is 10.0 Å². The van der Waals surface area contributed by atoms with Gasteiger partial charge in [-0.1, -0.05) is 44.3 Å². The molecule has 1 saturated heterocycles. The van der Waals surface area contributed by atoms with Crippen LogP contribution in [0, 0.1) is 5.92 Å². The van der Waals surface area contributed by atoms with Crippen LogP contribution in [0.2, 0.25) is 6.32 Å². The van der Waals surface area contributed by atoms with E-state index in [1.165, 1.54) is 6.42 Å². The molecule has 3 nitrogen and oxygen atoms in total. The van der Waals surface area contributed by atoms with Gasteiger partial charge in [-0.15, -0.1) is 0 Å². The van der Waals surface area contributed by atoms with E-state index in [0.29, 0.717) is 4.90 Å². The lowest BCUT2D eigenvalue weighted by atomic mass is 9.56. The van der Waals surface area contributed by atoms with Crippen molar-refractivity contribution in [2.24, 2.45) is 5.92 Å². The van der Waals surface area contributed by atoms with Gasteiger partial charge in [-0.05, 0) is 30.4 Å². The fourth-order valence-corrected chi connectivity index (χ4v) is 3.90. The molecule has 0 aliphatic carbocycles. The minimum atomic E-state index is -3.33. The Bertz CT molecular complexity index is 467. The summed E-state index contributed by atoms with van der Waals surface area (Å²) in [6.07, 6.45) is 4.44. The van der Waals surface area contributed by atoms with Crippen LogP contribution in [0.5, 0.6) is 0 Å². The Hall–Kier alpha value is -0.805. The first-order valence-corrected chi connectivity index (χ1v) is 8.17. The van der Waals surface area contributed by atoms with E-state index in [2.05, 4.69) is 11.6 Å². The quantitative estimate of drug-likeness (QED) is 0.846. The van der Waals surface area contributed by atoms with Crippen molar-refractivity contribution in [3.8, 4) is 0 Å². The van der Waals surface area contributed by atoms with E-state index in [9.17, 15) is 8.42 Å². The second-order valence-electron chi connectivity index (χ2n) is 5.06. The molecule has 1 aromatic carbocycles. The molecule has 5 heteroatoms. The fraction of sp³-hybridized carbons (Fsp3) is 0.538. The van der Waals surface area contributed by atoms with Gasteiger partial charge in [0.05, 0.1) is 4.90 Å². The molecule has 1 N–H and O–H groups in total. The summed E-state index contributed by atoms with van der Waals surface area (Å²) >= 11 is 0. The highest BCUT2D eigenvalue weighted by molar-refractivity contribution is 7.89. The van der Waals surface area contributed by atoms with Gasteiger partial charge in [0.25, 0.3) is 0 Å². The molecule has 98 valence electrons. The third-order valence-corrected chi connectivity index (χ3v) is 5.34. The molecule has 2 rings (SSSR count). The summed E-state index contributed by atoms with van der Waals surface area (Å²) in [4.78, 5) is 0.364. The van der Waals surface area contributed by atoms with Crippen molar-refractivity contribution in [1.29, 1.82) is 0 Å². The highest BCUT2D eigenvalue weighted by atomic mass is 32.2. The van der Waals surface area contributed by atoms with Gasteiger partial charge in [-0.25, -0.2) is 13.1 Å². The molecule has 1 aliphatic rings. The lowest BCUT2D eigenvalue weighted by Crippen LogP contribution is -2.42. The lowest BCUT2D eigenvalue weighted by molar-refractivity contribution is 0.450. The Morgan fingerprint density at radius 1 is 1.28 bits per heavy atom. The maximum absolute atomic E-state index is 12.1. The minimum Gasteiger partial charge on any atom is -0.216 e. The van der Waals surface area contributed by atoms with Gasteiger partial charge in [-0.3, -0.25) is 0 Å². The lowest BCUT2D eigenvalue weighted by Gasteiger charge is -2.27. The van der Waals surface area contributed by atoms with Crippen LogP contribution in [-0.4, -0.2) is 21.6 Å². The molecule has 1 heterocycles. The van der Waals surface area contributed by atoms with E-state index in [1.807, 2.05) is 6.07 Å². The van der Waals surface area contributed by atoms with Gasteiger partial charge in [0.15, 0.2) is 0 Å². The molecule has 1 aromatic rings. The zero-order valence-corrected chi connectivity index (χ0v) is 11.6. The Labute approximate surface area is 110 Å². The van der Waals surface area contributed by atoms with Crippen molar-refractivity contribution in [2.75, 3.05) is 0 Å². The average Bonchev–Trinajstić information content (AvgIpc) is 2.40. The molecule has 0 bridgehead atoms. The van der Waals surface area contributed by atoms with Gasteiger partial charge in [0.1, 0.15) is 7.28 Å². The summed E-state index contributed by atoms with van der Waals surface area (Å²) in [7, 11) is -2.37. The second-order valence-corrected chi connectivity index (χ2v) is 6.77. The Morgan fingerprint density at radius 3 is 2.56 bits per heavy atom. The van der Waals surface area contributed by atoms with E-state index in [0.717, 1.165) is 32.4 Å². The molecular weight excluding hydrogens is 245 g/mol. The van der Waals surface area contributed by atoms with Crippen LogP contribution < -0.4 is 4.72 Å². The van der Waals surface area contributed by atoms with Crippen molar-refractivity contribution < 1.29 is 8.42 Å². The third-order valence-electron chi connectivity index (χ3n) is 3.80. The molecule has 2 atom stereocenters. The Kier molecular flexibility index (Phi) is 4.46. The first-order chi connectivity index (χ1) is 8.62. The standard InChI is InChI=1S/C13H20BNO2S/c1-2-11-8-9-13(14-10-11)15-18(16,17)12-6-4-3-5-7-12/h3-7,11,13-15H,2,8-10H2,1H3. The molecular formula is C13H20BNO2S. The van der Waals surface area contributed by atoms with Crippen molar-refractivity contribution in [2.45, 2.75) is 43.3 Å². The van der Waals surface area contributed by atoms with Gasteiger partial charge in [0.2, 0.25) is 10.0 Å². The maximum atomic E-state index is 12.1. The molecule has 0 saturated carbocycles. The van der Waals surface area contributed by atoms with Crippen molar-refractivity contribution >= 4 is 17.3 Å². The number of benzene rings is 1. The molecule has 0 radical (unpaired) electrons. The molecule has 0 spiro atoms. The Morgan fingerprint density at radius 2 is 2.00 bits per heavy atom. The molecule has 1 aliphatic heterocycles. The first kappa shape index (κ1) is 13.6. The number of hydrogen-bond donors (Lipinski definition) is 1. The largest absolute Gasteiger partial charge is 0.240 e. The van der Waals surface area contributed by atoms with Crippen molar-refractivity contribution in [3.63, 3.8) is 0 Å². The van der Waals surface area contributed by atoms with Crippen LogP contribution >= 0.6 is 0 Å². The van der Waals surface area contributed by atoms with Crippen LogP contribution in [-0.2, 0) is 10.0 Å². The zero-order valence-electron chi connectivity index (χ0n) is 10.8. The molecule has 2 unspecified atom stereocenters. The summed E-state index contributed by atoms with van der Waals surface area (Å²) in [6.45, 7) is 2.21. The summed E-state index contributed by atoms with van der Waals surface area (Å²) in [5, 5.41) is 0. The molecule has 0 amide bonds. The monoisotopic (exact) mass is 265 g/mol. The van der Waals surface area contributed by atoms with E-state index in [-0.39, 0.29) is 5.94 Å². The van der Waals surface area contributed by atoms with E-state index in [1.54, 1.807) is 24.3 Å². The van der Waals surface area contributed by atoms with Gasteiger partial charge in [0, 0.05) is 0 Å². The van der Waals surface area contributed by atoms with Crippen molar-refractivity contribution in [1.82, 2.24) is 4.72 Å². The summed E-state index contributed by atoms with van der Waals surface area (Å²) < 4.78 is 27.1. The summed E-state index contributed by atoms with van der Waals surface area (Å²) in [6, 6.07) is 8.61. The van der Waals surface area contributed by atoms with Crippen molar-refractivity contribution in [3.05, 3.63) is 30.3 Å². The maximum Gasteiger partial charge on any atom is 0.240 e. The fourth-order valence-electron chi connectivity index (χ4n) is 2.58. The van der Waals surface area contributed by atoms with E-state index >= 15 is 0 Å². The van der Waals surface area contributed by atoms with Gasteiger partial charge >= 0.3 is 0 Å². The smallest absolute Gasteiger partial charge is 0.216 e. The predicted molar refractivity (Wildman–Crippen MR) is 75.5 cm³/mol. The predicted octanol–water partition coefficient (Wildman–Crippen LogP) is 1.97. The topological polar surface area (TPSA) is 46.2 Å². The van der Waals surface area contributed by atoms with Gasteiger partial charge in [-0.2, -0.15) is 0 Å². The minimum absolute atomic E-state index is 0.109. The molecule has 18 heavy (non-hydrogen) atoms. The highest BCUT2D eigenvalue weighted by Gasteiger charge is 2.25. The average molecular weight is 265 g/mol. The second kappa shape index (κ2) is 5.89. The number of rotatable bonds is 4. The number of nitrogens with one attached hydrogen (secondary N) is 1. The van der Waals surface area contributed by atoms with Crippen LogP contribution in [0.1, 0.15) is 26.2 Å². The number of sulfonamides is 1. The van der Waals surface area contributed by atoms with Gasteiger partial charge < -0.3 is 0 Å². The number of hydrogen-bond acceptors (Lipinski definition) is 2.